The first-order valence-electron chi connectivity index (χ1n) is 10.4. The van der Waals surface area contributed by atoms with Crippen molar-refractivity contribution in [1.29, 1.82) is 0 Å². The molecule has 0 bridgehead atoms. The van der Waals surface area contributed by atoms with Crippen LogP contribution in [0.2, 0.25) is 5.02 Å². The monoisotopic (exact) mass is 401 g/mol. The van der Waals surface area contributed by atoms with Crippen molar-refractivity contribution in [3.05, 3.63) is 40.9 Å². The lowest BCUT2D eigenvalue weighted by Gasteiger charge is -2.26. The quantitative estimate of drug-likeness (QED) is 0.792. The Kier molecular flexibility index (Phi) is 5.97. The van der Waals surface area contributed by atoms with Crippen LogP contribution in [0.25, 0.3) is 5.69 Å². The average molecular weight is 402 g/mol. The van der Waals surface area contributed by atoms with Crippen LogP contribution in [0.5, 0.6) is 0 Å². The first-order chi connectivity index (χ1) is 13.6. The van der Waals surface area contributed by atoms with Crippen molar-refractivity contribution < 1.29 is 4.79 Å². The molecule has 1 saturated carbocycles. The number of hydrogen-bond donors (Lipinski definition) is 1. The lowest BCUT2D eigenvalue weighted by atomic mass is 10.1. The van der Waals surface area contributed by atoms with Crippen molar-refractivity contribution in [2.75, 3.05) is 13.1 Å². The molecule has 1 aliphatic heterocycles. The fourth-order valence-corrected chi connectivity index (χ4v) is 4.66. The summed E-state index contributed by atoms with van der Waals surface area (Å²) in [5.74, 6) is 0.636. The van der Waals surface area contributed by atoms with E-state index in [4.69, 9.17) is 11.6 Å². The predicted molar refractivity (Wildman–Crippen MR) is 110 cm³/mol. The molecule has 1 amide bonds. The van der Waals surface area contributed by atoms with Crippen molar-refractivity contribution >= 4 is 17.5 Å². The predicted octanol–water partition coefficient (Wildman–Crippen LogP) is 3.76. The van der Waals surface area contributed by atoms with E-state index in [-0.39, 0.29) is 17.8 Å². The number of aromatic nitrogens is 3. The average Bonchev–Trinajstić information content (AvgIpc) is 3.20. The Labute approximate surface area is 171 Å². The molecule has 2 aliphatic rings. The maximum atomic E-state index is 12.7. The molecule has 28 heavy (non-hydrogen) atoms. The van der Waals surface area contributed by atoms with Gasteiger partial charge in [0.25, 0.3) is 5.91 Å². The van der Waals surface area contributed by atoms with Gasteiger partial charge in [0.15, 0.2) is 0 Å². The summed E-state index contributed by atoms with van der Waals surface area (Å²) in [5.41, 5.74) is 0.730. The second-order valence-corrected chi connectivity index (χ2v) is 8.35. The first-order valence-corrected chi connectivity index (χ1v) is 10.7. The van der Waals surface area contributed by atoms with Crippen molar-refractivity contribution in [1.82, 2.24) is 25.0 Å². The van der Waals surface area contributed by atoms with Gasteiger partial charge in [-0.3, -0.25) is 9.69 Å². The van der Waals surface area contributed by atoms with E-state index in [2.05, 4.69) is 20.3 Å². The number of carbonyl (C=O) groups is 1. The highest BCUT2D eigenvalue weighted by molar-refractivity contribution is 6.32. The van der Waals surface area contributed by atoms with E-state index in [0.717, 1.165) is 25.2 Å². The molecule has 2 heterocycles. The van der Waals surface area contributed by atoms with Gasteiger partial charge in [-0.15, -0.1) is 5.10 Å². The minimum absolute atomic E-state index is 0.170. The van der Waals surface area contributed by atoms with Gasteiger partial charge < -0.3 is 5.32 Å². The third-order valence-corrected chi connectivity index (χ3v) is 6.27. The van der Waals surface area contributed by atoms with E-state index >= 15 is 0 Å². The number of hydrogen-bond acceptors (Lipinski definition) is 4. The first kappa shape index (κ1) is 19.4. The number of amides is 1. The third kappa shape index (κ3) is 4.23. The molecule has 1 saturated heterocycles. The topological polar surface area (TPSA) is 63.1 Å². The number of nitrogens with one attached hydrogen (secondary N) is 1. The van der Waals surface area contributed by atoms with E-state index in [1.54, 1.807) is 10.7 Å². The minimum atomic E-state index is -0.207. The number of halogens is 1. The second kappa shape index (κ2) is 8.62. The molecule has 1 atom stereocenters. The second-order valence-electron chi connectivity index (χ2n) is 7.95. The van der Waals surface area contributed by atoms with Crippen LogP contribution in [0.1, 0.15) is 61.4 Å². The molecule has 2 fully saturated rings. The van der Waals surface area contributed by atoms with Crippen molar-refractivity contribution in [3.8, 4) is 5.69 Å². The Bertz CT molecular complexity index is 828. The van der Waals surface area contributed by atoms with Crippen molar-refractivity contribution in [2.45, 2.75) is 64.0 Å². The Hall–Kier alpha value is -1.92. The van der Waals surface area contributed by atoms with E-state index in [1.807, 2.05) is 25.1 Å². The highest BCUT2D eigenvalue weighted by Gasteiger charge is 2.30. The molecule has 6 nitrogen and oxygen atoms in total. The van der Waals surface area contributed by atoms with Crippen LogP contribution in [0.15, 0.2) is 24.3 Å². The van der Waals surface area contributed by atoms with Gasteiger partial charge in [0.05, 0.1) is 10.7 Å². The SMILES string of the molecule is Cc1nc(C(=O)NC2CCN(C3CCCCCC3)C2)nn1-c1ccccc1Cl. The molecule has 7 heteroatoms. The lowest BCUT2D eigenvalue weighted by molar-refractivity contribution is 0.0925. The Morgan fingerprint density at radius 2 is 1.89 bits per heavy atom. The highest BCUT2D eigenvalue weighted by Crippen LogP contribution is 2.25. The number of para-hydroxylation sites is 1. The molecule has 0 radical (unpaired) electrons. The lowest BCUT2D eigenvalue weighted by Crippen LogP contribution is -2.40. The normalized spacial score (nSPS) is 21.6. The smallest absolute Gasteiger partial charge is 0.291 e. The highest BCUT2D eigenvalue weighted by atomic mass is 35.5. The fraction of sp³-hybridized carbons (Fsp3) is 0.571. The van der Waals surface area contributed by atoms with E-state index < -0.39 is 0 Å². The van der Waals surface area contributed by atoms with Gasteiger partial charge in [0.1, 0.15) is 5.82 Å². The zero-order valence-corrected chi connectivity index (χ0v) is 17.2. The molecule has 1 N–H and O–H groups in total. The van der Waals surface area contributed by atoms with Crippen molar-refractivity contribution in [2.24, 2.45) is 0 Å². The molecule has 1 aliphatic carbocycles. The van der Waals surface area contributed by atoms with Crippen LogP contribution in [0.4, 0.5) is 0 Å². The molecular formula is C21H28ClN5O. The zero-order chi connectivity index (χ0) is 19.5. The largest absolute Gasteiger partial charge is 0.345 e. The number of likely N-dealkylation sites (tertiary alicyclic amines) is 1. The maximum Gasteiger partial charge on any atom is 0.291 e. The van der Waals surface area contributed by atoms with Crippen LogP contribution in [0, 0.1) is 6.92 Å². The van der Waals surface area contributed by atoms with Gasteiger partial charge in [-0.1, -0.05) is 49.4 Å². The van der Waals surface area contributed by atoms with Crippen LogP contribution in [-0.4, -0.2) is 50.7 Å². The number of carbonyl (C=O) groups excluding carboxylic acids is 1. The standard InChI is InChI=1S/C21H28ClN5O/c1-15-23-20(25-27(15)19-11-7-6-10-18(19)22)21(28)24-16-12-13-26(14-16)17-8-4-2-3-5-9-17/h6-7,10-11,16-17H,2-5,8-9,12-14H2,1H3,(H,24,28). The van der Waals surface area contributed by atoms with Gasteiger partial charge in [-0.2, -0.15) is 0 Å². The summed E-state index contributed by atoms with van der Waals surface area (Å²) in [7, 11) is 0. The van der Waals surface area contributed by atoms with E-state index in [0.29, 0.717) is 16.9 Å². The molecule has 4 rings (SSSR count). The molecular weight excluding hydrogens is 374 g/mol. The van der Waals surface area contributed by atoms with Gasteiger partial charge in [0, 0.05) is 25.2 Å². The maximum absolute atomic E-state index is 12.7. The summed E-state index contributed by atoms with van der Waals surface area (Å²) in [5, 5.41) is 8.11. The van der Waals surface area contributed by atoms with Crippen LogP contribution in [-0.2, 0) is 0 Å². The zero-order valence-electron chi connectivity index (χ0n) is 16.4. The van der Waals surface area contributed by atoms with Gasteiger partial charge >= 0.3 is 0 Å². The summed E-state index contributed by atoms with van der Waals surface area (Å²) >= 11 is 6.26. The minimum Gasteiger partial charge on any atom is -0.345 e. The summed E-state index contributed by atoms with van der Waals surface area (Å²) in [6, 6.07) is 8.28. The molecule has 150 valence electrons. The van der Waals surface area contributed by atoms with Gasteiger partial charge in [0.2, 0.25) is 5.82 Å². The Balaban J connectivity index is 1.39. The molecule has 1 aromatic heterocycles. The van der Waals surface area contributed by atoms with E-state index in [1.165, 1.54) is 38.5 Å². The molecule has 1 unspecified atom stereocenters. The van der Waals surface area contributed by atoms with Crippen LogP contribution < -0.4 is 5.32 Å². The number of nitrogens with zero attached hydrogens (tertiary/aromatic N) is 4. The summed E-state index contributed by atoms with van der Waals surface area (Å²) in [6.45, 7) is 3.83. The summed E-state index contributed by atoms with van der Waals surface area (Å²) < 4.78 is 1.63. The summed E-state index contributed by atoms with van der Waals surface area (Å²) in [4.78, 5) is 19.6. The van der Waals surface area contributed by atoms with Crippen LogP contribution >= 0.6 is 11.6 Å². The molecule has 2 aromatic rings. The molecule has 0 spiro atoms. The number of benzene rings is 1. The summed E-state index contributed by atoms with van der Waals surface area (Å²) in [6.07, 6.45) is 8.98. The number of rotatable bonds is 4. The van der Waals surface area contributed by atoms with Gasteiger partial charge in [-0.05, 0) is 38.3 Å². The van der Waals surface area contributed by atoms with E-state index in [9.17, 15) is 4.79 Å². The fourth-order valence-electron chi connectivity index (χ4n) is 4.45. The van der Waals surface area contributed by atoms with Crippen molar-refractivity contribution in [3.63, 3.8) is 0 Å². The number of aryl methyl sites for hydroxylation is 1. The van der Waals surface area contributed by atoms with Gasteiger partial charge in [-0.25, -0.2) is 9.67 Å². The Morgan fingerprint density at radius 1 is 1.14 bits per heavy atom. The molecule has 1 aromatic carbocycles. The Morgan fingerprint density at radius 3 is 2.64 bits per heavy atom. The van der Waals surface area contributed by atoms with Crippen LogP contribution in [0.3, 0.4) is 0 Å². The third-order valence-electron chi connectivity index (χ3n) is 5.95.